The fourth-order valence-corrected chi connectivity index (χ4v) is 4.89. The minimum absolute atomic E-state index is 0.00386. The van der Waals surface area contributed by atoms with E-state index in [1.165, 1.54) is 10.4 Å². The Morgan fingerprint density at radius 2 is 2.14 bits per heavy atom. The number of nitrogens with zero attached hydrogens (tertiary/aromatic N) is 2. The van der Waals surface area contributed by atoms with Crippen molar-refractivity contribution in [3.05, 3.63) is 35.5 Å². The summed E-state index contributed by atoms with van der Waals surface area (Å²) in [6.07, 6.45) is 1.59. The molecule has 22 heavy (non-hydrogen) atoms. The van der Waals surface area contributed by atoms with E-state index in [-0.39, 0.29) is 23.3 Å². The fourth-order valence-electron chi connectivity index (χ4n) is 2.90. The number of sulfonamides is 1. The van der Waals surface area contributed by atoms with Crippen molar-refractivity contribution in [3.63, 3.8) is 0 Å². The van der Waals surface area contributed by atoms with Crippen LogP contribution >= 0.6 is 11.6 Å². The van der Waals surface area contributed by atoms with E-state index in [2.05, 4.69) is 4.98 Å². The smallest absolute Gasteiger partial charge is 0.243 e. The molecule has 7 heteroatoms. The average molecular weight is 341 g/mol. The van der Waals surface area contributed by atoms with E-state index in [0.29, 0.717) is 29.0 Å². The summed E-state index contributed by atoms with van der Waals surface area (Å²) in [5.41, 5.74) is 0.483. The molecule has 1 aromatic carbocycles. The van der Waals surface area contributed by atoms with Gasteiger partial charge in [-0.05, 0) is 36.1 Å². The highest BCUT2D eigenvalue weighted by molar-refractivity contribution is 7.89. The Bertz CT molecular complexity index is 810. The lowest BCUT2D eigenvalue weighted by Gasteiger charge is -2.17. The summed E-state index contributed by atoms with van der Waals surface area (Å²) in [7, 11) is -3.63. The Morgan fingerprint density at radius 1 is 1.36 bits per heavy atom. The number of aliphatic hydroxyl groups excluding tert-OH is 1. The topological polar surface area (TPSA) is 70.5 Å². The van der Waals surface area contributed by atoms with Crippen molar-refractivity contribution in [3.8, 4) is 0 Å². The molecule has 2 heterocycles. The monoisotopic (exact) mass is 340 g/mol. The molecule has 0 radical (unpaired) electrons. The van der Waals surface area contributed by atoms with Crippen LogP contribution in [0.3, 0.4) is 0 Å². The molecule has 5 nitrogen and oxygen atoms in total. The third-order valence-corrected chi connectivity index (χ3v) is 6.46. The number of halogens is 1. The van der Waals surface area contributed by atoms with Gasteiger partial charge in [0.15, 0.2) is 0 Å². The van der Waals surface area contributed by atoms with Gasteiger partial charge >= 0.3 is 0 Å². The summed E-state index contributed by atoms with van der Waals surface area (Å²) in [5.74, 6) is 0.114. The van der Waals surface area contributed by atoms with Gasteiger partial charge in [-0.1, -0.05) is 18.5 Å². The first-order valence-electron chi connectivity index (χ1n) is 7.09. The summed E-state index contributed by atoms with van der Waals surface area (Å²) in [6, 6.07) is 6.50. The molecule has 0 aliphatic carbocycles. The first-order chi connectivity index (χ1) is 10.4. The van der Waals surface area contributed by atoms with E-state index >= 15 is 0 Å². The van der Waals surface area contributed by atoms with Crippen molar-refractivity contribution in [2.24, 2.45) is 11.8 Å². The van der Waals surface area contributed by atoms with Gasteiger partial charge in [-0.15, -0.1) is 0 Å². The standard InChI is InChI=1S/C15H17ClN2O3S/c1-10-7-18(8-11(10)9-19)22(20,21)14-5-4-13(16)15-12(14)3-2-6-17-15/h2-6,10-11,19H,7-9H2,1H3/t10-,11+/m1/s1. The Kier molecular flexibility index (Phi) is 4.11. The van der Waals surface area contributed by atoms with E-state index in [1.54, 1.807) is 24.4 Å². The van der Waals surface area contributed by atoms with Crippen molar-refractivity contribution in [2.75, 3.05) is 19.7 Å². The maximum Gasteiger partial charge on any atom is 0.243 e. The first-order valence-corrected chi connectivity index (χ1v) is 8.91. The van der Waals surface area contributed by atoms with Gasteiger partial charge in [0.05, 0.1) is 15.4 Å². The number of aliphatic hydroxyl groups is 1. The molecular weight excluding hydrogens is 324 g/mol. The number of hydrogen-bond acceptors (Lipinski definition) is 4. The van der Waals surface area contributed by atoms with Gasteiger partial charge in [0.25, 0.3) is 0 Å². The third-order valence-electron chi connectivity index (χ3n) is 4.27. The van der Waals surface area contributed by atoms with Crippen molar-refractivity contribution in [1.29, 1.82) is 0 Å². The Hall–Kier alpha value is -1.21. The van der Waals surface area contributed by atoms with Crippen molar-refractivity contribution in [1.82, 2.24) is 9.29 Å². The molecule has 1 aliphatic rings. The molecule has 3 rings (SSSR count). The summed E-state index contributed by atoms with van der Waals surface area (Å²) in [5, 5.41) is 10.3. The van der Waals surface area contributed by atoms with E-state index in [0.717, 1.165) is 0 Å². The Morgan fingerprint density at radius 3 is 2.82 bits per heavy atom. The van der Waals surface area contributed by atoms with Gasteiger partial charge in [-0.2, -0.15) is 4.31 Å². The lowest BCUT2D eigenvalue weighted by Crippen LogP contribution is -2.29. The fraction of sp³-hybridized carbons (Fsp3) is 0.400. The number of pyridine rings is 1. The largest absolute Gasteiger partial charge is 0.396 e. The first kappa shape index (κ1) is 15.7. The van der Waals surface area contributed by atoms with Gasteiger partial charge < -0.3 is 5.11 Å². The summed E-state index contributed by atoms with van der Waals surface area (Å²) < 4.78 is 27.3. The number of hydrogen-bond donors (Lipinski definition) is 1. The number of aromatic nitrogens is 1. The van der Waals surface area contributed by atoms with Crippen LogP contribution in [0.2, 0.25) is 5.02 Å². The van der Waals surface area contributed by atoms with E-state index < -0.39 is 10.0 Å². The molecule has 0 amide bonds. The SMILES string of the molecule is C[C@@H]1CN(S(=O)(=O)c2ccc(Cl)c3ncccc23)C[C@H]1CO. The molecule has 1 aromatic heterocycles. The molecule has 1 aliphatic heterocycles. The second-order valence-electron chi connectivity index (χ2n) is 5.69. The zero-order valence-corrected chi connectivity index (χ0v) is 13.7. The lowest BCUT2D eigenvalue weighted by molar-refractivity contribution is 0.210. The average Bonchev–Trinajstić information content (AvgIpc) is 2.89. The van der Waals surface area contributed by atoms with Crippen molar-refractivity contribution in [2.45, 2.75) is 11.8 Å². The van der Waals surface area contributed by atoms with Gasteiger partial charge in [-0.25, -0.2) is 8.42 Å². The van der Waals surface area contributed by atoms with Crippen LogP contribution in [0.15, 0.2) is 35.4 Å². The van der Waals surface area contributed by atoms with Gasteiger partial charge in [0, 0.05) is 31.3 Å². The van der Waals surface area contributed by atoms with Crippen LogP contribution in [0.4, 0.5) is 0 Å². The quantitative estimate of drug-likeness (QED) is 0.929. The third kappa shape index (κ3) is 2.50. The number of benzene rings is 1. The van der Waals surface area contributed by atoms with Crippen LogP contribution in [0.1, 0.15) is 6.92 Å². The molecule has 1 saturated heterocycles. The molecule has 0 unspecified atom stereocenters. The van der Waals surface area contributed by atoms with Crippen LogP contribution in [0.5, 0.6) is 0 Å². The molecule has 2 aromatic rings. The van der Waals surface area contributed by atoms with E-state index in [1.807, 2.05) is 6.92 Å². The summed E-state index contributed by atoms with van der Waals surface area (Å²) in [6.45, 7) is 2.70. The second kappa shape index (κ2) is 5.77. The van der Waals surface area contributed by atoms with Crippen LogP contribution in [-0.2, 0) is 10.0 Å². The minimum atomic E-state index is -3.63. The second-order valence-corrected chi connectivity index (χ2v) is 8.00. The minimum Gasteiger partial charge on any atom is -0.396 e. The molecule has 118 valence electrons. The number of fused-ring (bicyclic) bond motifs is 1. The van der Waals surface area contributed by atoms with Gasteiger partial charge in [0.2, 0.25) is 10.0 Å². The predicted octanol–water partition coefficient (Wildman–Crippen LogP) is 2.14. The maximum absolute atomic E-state index is 12.9. The van der Waals surface area contributed by atoms with Crippen LogP contribution in [0.25, 0.3) is 10.9 Å². The lowest BCUT2D eigenvalue weighted by atomic mass is 10.00. The highest BCUT2D eigenvalue weighted by Crippen LogP contribution is 2.33. The zero-order chi connectivity index (χ0) is 15.9. The van der Waals surface area contributed by atoms with E-state index in [9.17, 15) is 13.5 Å². The molecule has 0 bridgehead atoms. The van der Waals surface area contributed by atoms with Crippen molar-refractivity contribution < 1.29 is 13.5 Å². The number of rotatable bonds is 3. The molecule has 1 fully saturated rings. The zero-order valence-electron chi connectivity index (χ0n) is 12.1. The molecular formula is C15H17ClN2O3S. The molecule has 2 atom stereocenters. The summed E-state index contributed by atoms with van der Waals surface area (Å²) in [4.78, 5) is 4.39. The highest BCUT2D eigenvalue weighted by Gasteiger charge is 2.37. The van der Waals surface area contributed by atoms with Gasteiger partial charge in [0.1, 0.15) is 0 Å². The highest BCUT2D eigenvalue weighted by atomic mass is 35.5. The van der Waals surface area contributed by atoms with Crippen molar-refractivity contribution >= 4 is 32.5 Å². The van der Waals surface area contributed by atoms with Gasteiger partial charge in [-0.3, -0.25) is 4.98 Å². The summed E-state index contributed by atoms with van der Waals surface area (Å²) >= 11 is 6.10. The normalized spacial score (nSPS) is 23.2. The van der Waals surface area contributed by atoms with Crippen LogP contribution in [0, 0.1) is 11.8 Å². The molecule has 1 N–H and O–H groups in total. The maximum atomic E-state index is 12.9. The Balaban J connectivity index is 2.09. The predicted molar refractivity (Wildman–Crippen MR) is 85.3 cm³/mol. The van der Waals surface area contributed by atoms with E-state index in [4.69, 9.17) is 11.6 Å². The van der Waals surface area contributed by atoms with Crippen LogP contribution in [-0.4, -0.2) is 42.5 Å². The molecule has 0 spiro atoms. The van der Waals surface area contributed by atoms with Crippen LogP contribution < -0.4 is 0 Å². The Labute approximate surface area is 134 Å². The molecule has 0 saturated carbocycles.